The van der Waals surface area contributed by atoms with Crippen molar-refractivity contribution in [1.82, 2.24) is 9.88 Å². The fourth-order valence-corrected chi connectivity index (χ4v) is 3.75. The summed E-state index contributed by atoms with van der Waals surface area (Å²) in [5, 5.41) is 4.20. The van der Waals surface area contributed by atoms with Gasteiger partial charge in [-0.05, 0) is 30.7 Å². The van der Waals surface area contributed by atoms with Crippen LogP contribution in [0.1, 0.15) is 27.2 Å². The Morgan fingerprint density at radius 2 is 2.00 bits per heavy atom. The summed E-state index contributed by atoms with van der Waals surface area (Å²) < 4.78 is 5.03. The number of anilines is 1. The number of pyridine rings is 1. The summed E-state index contributed by atoms with van der Waals surface area (Å²) in [6.07, 6.45) is 0.562. The zero-order valence-electron chi connectivity index (χ0n) is 16.2. The van der Waals surface area contributed by atoms with Gasteiger partial charge >= 0.3 is 12.0 Å². The Kier molecular flexibility index (Phi) is 5.11. The summed E-state index contributed by atoms with van der Waals surface area (Å²) in [4.78, 5) is 31.7. The summed E-state index contributed by atoms with van der Waals surface area (Å²) in [5.41, 5.74) is 4.35. The molecule has 1 aliphatic heterocycles. The summed E-state index contributed by atoms with van der Waals surface area (Å²) in [5.74, 6) is -0.424. The number of aromatic nitrogens is 1. The summed E-state index contributed by atoms with van der Waals surface area (Å²) >= 11 is 6.15. The third kappa shape index (κ3) is 3.63. The molecule has 2 aromatic carbocycles. The number of halogens is 1. The zero-order valence-corrected chi connectivity index (χ0v) is 16.9. The lowest BCUT2D eigenvalue weighted by atomic mass is 9.96. The number of para-hydroxylation sites is 1. The lowest BCUT2D eigenvalue weighted by molar-refractivity contribution is 0.0600. The highest BCUT2D eigenvalue weighted by Crippen LogP contribution is 2.29. The molecule has 0 saturated carbocycles. The number of carbonyl (C=O) groups is 2. The molecule has 148 valence electrons. The third-order valence-corrected chi connectivity index (χ3v) is 5.55. The van der Waals surface area contributed by atoms with Gasteiger partial charge in [0.2, 0.25) is 0 Å². The Morgan fingerprint density at radius 3 is 2.76 bits per heavy atom. The Balaban J connectivity index is 1.66. The number of aryl methyl sites for hydroxylation is 1. The van der Waals surface area contributed by atoms with Crippen LogP contribution in [0.15, 0.2) is 42.5 Å². The van der Waals surface area contributed by atoms with Gasteiger partial charge in [0.15, 0.2) is 0 Å². The molecule has 29 heavy (non-hydrogen) atoms. The van der Waals surface area contributed by atoms with Crippen molar-refractivity contribution in [2.45, 2.75) is 19.9 Å². The molecule has 1 N–H and O–H groups in total. The second kappa shape index (κ2) is 7.72. The average Bonchev–Trinajstić information content (AvgIpc) is 2.73. The smallest absolute Gasteiger partial charge is 0.338 e. The van der Waals surface area contributed by atoms with Gasteiger partial charge in [-0.2, -0.15) is 0 Å². The van der Waals surface area contributed by atoms with Crippen LogP contribution in [0, 0.1) is 6.92 Å². The molecule has 0 radical (unpaired) electrons. The SMILES string of the molecule is COC(=O)c1c2c(nc3ccccc13)CCN(C(=O)Nc1ccc(C)c(Cl)c1)C2. The average molecular weight is 410 g/mol. The number of hydrogen-bond donors (Lipinski definition) is 1. The van der Waals surface area contributed by atoms with Crippen LogP contribution in [-0.4, -0.2) is 35.5 Å². The largest absolute Gasteiger partial charge is 0.465 e. The van der Waals surface area contributed by atoms with Crippen molar-refractivity contribution in [3.05, 3.63) is 69.9 Å². The molecule has 0 bridgehead atoms. The Morgan fingerprint density at radius 1 is 1.21 bits per heavy atom. The molecule has 3 aromatic rings. The fourth-order valence-electron chi connectivity index (χ4n) is 3.57. The molecular weight excluding hydrogens is 390 g/mol. The number of methoxy groups -OCH3 is 1. The highest BCUT2D eigenvalue weighted by Gasteiger charge is 2.28. The second-order valence-corrected chi connectivity index (χ2v) is 7.39. The molecule has 1 aliphatic rings. The summed E-state index contributed by atoms with van der Waals surface area (Å²) in [6, 6.07) is 12.6. The maximum Gasteiger partial charge on any atom is 0.338 e. The molecule has 0 atom stereocenters. The summed E-state index contributed by atoms with van der Waals surface area (Å²) in [7, 11) is 1.36. The van der Waals surface area contributed by atoms with Crippen LogP contribution in [0.5, 0.6) is 0 Å². The zero-order chi connectivity index (χ0) is 20.5. The maximum atomic E-state index is 12.8. The van der Waals surface area contributed by atoms with Crippen LogP contribution in [-0.2, 0) is 17.7 Å². The van der Waals surface area contributed by atoms with Crippen molar-refractivity contribution in [1.29, 1.82) is 0 Å². The van der Waals surface area contributed by atoms with Crippen molar-refractivity contribution in [3.8, 4) is 0 Å². The number of benzene rings is 2. The van der Waals surface area contributed by atoms with E-state index in [1.54, 1.807) is 11.0 Å². The van der Waals surface area contributed by atoms with Crippen molar-refractivity contribution in [3.63, 3.8) is 0 Å². The van der Waals surface area contributed by atoms with Crippen molar-refractivity contribution in [2.24, 2.45) is 0 Å². The molecule has 1 aromatic heterocycles. The van der Waals surface area contributed by atoms with Crippen molar-refractivity contribution >= 4 is 40.2 Å². The number of esters is 1. The highest BCUT2D eigenvalue weighted by molar-refractivity contribution is 6.31. The van der Waals surface area contributed by atoms with Crippen LogP contribution in [0.2, 0.25) is 5.02 Å². The number of amides is 2. The van der Waals surface area contributed by atoms with E-state index in [9.17, 15) is 9.59 Å². The maximum absolute atomic E-state index is 12.8. The van der Waals surface area contributed by atoms with Gasteiger partial charge in [0.1, 0.15) is 0 Å². The Labute approximate surface area is 173 Å². The van der Waals surface area contributed by atoms with E-state index in [0.29, 0.717) is 29.2 Å². The fraction of sp³-hybridized carbons (Fsp3) is 0.227. The molecule has 0 spiro atoms. The van der Waals surface area contributed by atoms with E-state index in [4.69, 9.17) is 21.3 Å². The van der Waals surface area contributed by atoms with Gasteiger partial charge in [0.05, 0.1) is 24.7 Å². The number of ether oxygens (including phenoxy) is 1. The number of urea groups is 1. The van der Waals surface area contributed by atoms with Gasteiger partial charge < -0.3 is 15.0 Å². The predicted molar refractivity (Wildman–Crippen MR) is 112 cm³/mol. The number of nitrogens with zero attached hydrogens (tertiary/aromatic N) is 2. The topological polar surface area (TPSA) is 71.5 Å². The number of fused-ring (bicyclic) bond motifs is 2. The first-order chi connectivity index (χ1) is 14.0. The van der Waals surface area contributed by atoms with Gasteiger partial charge in [-0.3, -0.25) is 4.98 Å². The van der Waals surface area contributed by atoms with E-state index in [0.717, 1.165) is 27.7 Å². The van der Waals surface area contributed by atoms with E-state index < -0.39 is 5.97 Å². The van der Waals surface area contributed by atoms with Crippen molar-refractivity contribution < 1.29 is 14.3 Å². The quantitative estimate of drug-likeness (QED) is 0.629. The molecular formula is C22H20ClN3O3. The third-order valence-electron chi connectivity index (χ3n) is 5.15. The van der Waals surface area contributed by atoms with Gasteiger partial charge in [-0.25, -0.2) is 9.59 Å². The first-order valence-corrected chi connectivity index (χ1v) is 9.66. The van der Waals surface area contributed by atoms with Gasteiger partial charge in [0, 0.05) is 40.3 Å². The molecule has 2 heterocycles. The van der Waals surface area contributed by atoms with Crippen LogP contribution < -0.4 is 5.32 Å². The molecule has 0 unspecified atom stereocenters. The molecule has 4 rings (SSSR count). The monoisotopic (exact) mass is 409 g/mol. The molecule has 0 fully saturated rings. The first-order valence-electron chi connectivity index (χ1n) is 9.29. The number of rotatable bonds is 2. The van der Waals surface area contributed by atoms with Crippen molar-refractivity contribution in [2.75, 3.05) is 19.0 Å². The standard InChI is InChI=1S/C22H20ClN3O3/c1-13-7-8-14(11-17(13)23)24-22(28)26-10-9-19-16(12-26)20(21(27)29-2)15-5-3-4-6-18(15)25-19/h3-8,11H,9-10,12H2,1-2H3,(H,24,28). The van der Waals surface area contributed by atoms with E-state index in [-0.39, 0.29) is 12.6 Å². The van der Waals surface area contributed by atoms with Crippen LogP contribution >= 0.6 is 11.6 Å². The lowest BCUT2D eigenvalue weighted by Crippen LogP contribution is -2.40. The van der Waals surface area contributed by atoms with Gasteiger partial charge in [-0.15, -0.1) is 0 Å². The van der Waals surface area contributed by atoms with Crippen LogP contribution in [0.3, 0.4) is 0 Å². The van der Waals surface area contributed by atoms with E-state index in [1.807, 2.05) is 43.3 Å². The molecule has 7 heteroatoms. The van der Waals surface area contributed by atoms with E-state index in [2.05, 4.69) is 5.32 Å². The van der Waals surface area contributed by atoms with Gasteiger partial charge in [0.25, 0.3) is 0 Å². The van der Waals surface area contributed by atoms with Crippen LogP contribution in [0.25, 0.3) is 10.9 Å². The number of hydrogen-bond acceptors (Lipinski definition) is 4. The van der Waals surface area contributed by atoms with Gasteiger partial charge in [-0.1, -0.05) is 35.9 Å². The molecule has 6 nitrogen and oxygen atoms in total. The van der Waals surface area contributed by atoms with Crippen LogP contribution in [0.4, 0.5) is 10.5 Å². The number of nitrogens with one attached hydrogen (secondary N) is 1. The first kappa shape index (κ1) is 19.2. The Hall–Kier alpha value is -3.12. The molecule has 0 aliphatic carbocycles. The normalized spacial score (nSPS) is 13.1. The molecule has 2 amide bonds. The van der Waals surface area contributed by atoms with E-state index in [1.165, 1.54) is 7.11 Å². The minimum Gasteiger partial charge on any atom is -0.465 e. The molecule has 0 saturated heterocycles. The lowest BCUT2D eigenvalue weighted by Gasteiger charge is -2.30. The van der Waals surface area contributed by atoms with E-state index >= 15 is 0 Å². The second-order valence-electron chi connectivity index (χ2n) is 6.99. The minimum absolute atomic E-state index is 0.250. The number of carbonyl (C=O) groups excluding carboxylic acids is 2. The summed E-state index contributed by atoms with van der Waals surface area (Å²) in [6.45, 7) is 2.69. The minimum atomic E-state index is -0.424. The Bertz CT molecular complexity index is 1130. The predicted octanol–water partition coefficient (Wildman–Crippen LogP) is 4.57. The highest BCUT2D eigenvalue weighted by atomic mass is 35.5.